The van der Waals surface area contributed by atoms with Gasteiger partial charge in [-0.1, -0.05) is 25.5 Å². The van der Waals surface area contributed by atoms with Crippen LogP contribution >= 0.6 is 0 Å². The summed E-state index contributed by atoms with van der Waals surface area (Å²) in [4.78, 5) is 12.1. The quantitative estimate of drug-likeness (QED) is 0.723. The summed E-state index contributed by atoms with van der Waals surface area (Å²) in [6, 6.07) is 7.98. The largest absolute Gasteiger partial charge is 0.602 e. The molecule has 2 atom stereocenters. The van der Waals surface area contributed by atoms with Gasteiger partial charge in [-0.15, -0.1) is 4.57 Å². The average Bonchev–Trinajstić information content (AvgIpc) is 2.39. The molecular formula is C15H18NO2+. The maximum atomic E-state index is 12.1. The van der Waals surface area contributed by atoms with Crippen LogP contribution in [0, 0.1) is 5.92 Å². The Morgan fingerprint density at radius 2 is 2.00 bits per heavy atom. The van der Waals surface area contributed by atoms with E-state index in [0.717, 1.165) is 11.8 Å². The third-order valence-corrected chi connectivity index (χ3v) is 4.03. The lowest BCUT2D eigenvalue weighted by atomic mass is 9.86. The third kappa shape index (κ3) is 1.94. The highest BCUT2D eigenvalue weighted by Gasteiger charge is 2.32. The Morgan fingerprint density at radius 3 is 2.83 bits per heavy atom. The van der Waals surface area contributed by atoms with E-state index in [1.807, 2.05) is 30.5 Å². The van der Waals surface area contributed by atoms with E-state index in [-0.39, 0.29) is 5.76 Å². The fourth-order valence-corrected chi connectivity index (χ4v) is 2.97. The molecular weight excluding hydrogens is 226 g/mol. The lowest BCUT2D eigenvalue weighted by Gasteiger charge is -2.23. The summed E-state index contributed by atoms with van der Waals surface area (Å²) in [6.45, 7) is 2.23. The number of hydrogen-bond donors (Lipinski definition) is 0. The van der Waals surface area contributed by atoms with E-state index in [1.54, 1.807) is 4.57 Å². The molecule has 1 heterocycles. The summed E-state index contributed by atoms with van der Waals surface area (Å²) >= 11 is 0. The number of nitrogens with zero attached hydrogens (tertiary/aromatic N) is 1. The van der Waals surface area contributed by atoms with Crippen LogP contribution in [0.15, 0.2) is 39.7 Å². The minimum absolute atomic E-state index is 0.229. The van der Waals surface area contributed by atoms with Gasteiger partial charge in [-0.05, 0) is 25.0 Å². The summed E-state index contributed by atoms with van der Waals surface area (Å²) in [5.74, 6) is 0.320. The first-order valence-electron chi connectivity index (χ1n) is 6.70. The van der Waals surface area contributed by atoms with Crippen molar-refractivity contribution < 1.29 is 8.98 Å². The topological polar surface area (TPSA) is 34.1 Å². The summed E-state index contributed by atoms with van der Waals surface area (Å²) in [5, 5.41) is 0.995. The van der Waals surface area contributed by atoms with Crippen molar-refractivity contribution in [2.45, 2.75) is 38.6 Å². The van der Waals surface area contributed by atoms with Crippen molar-refractivity contribution in [1.29, 1.82) is 0 Å². The molecule has 0 aliphatic heterocycles. The first-order valence-corrected chi connectivity index (χ1v) is 6.70. The highest BCUT2D eigenvalue weighted by atomic mass is 16.4. The lowest BCUT2D eigenvalue weighted by molar-refractivity contribution is -0.753. The minimum Gasteiger partial charge on any atom is -0.372 e. The summed E-state index contributed by atoms with van der Waals surface area (Å²) < 4.78 is 7.20. The predicted molar refractivity (Wildman–Crippen MR) is 69.3 cm³/mol. The molecule has 2 aromatic rings. The monoisotopic (exact) mass is 244 g/mol. The normalized spacial score (nSPS) is 24.3. The zero-order chi connectivity index (χ0) is 12.5. The minimum atomic E-state index is -0.229. The molecule has 0 bridgehead atoms. The van der Waals surface area contributed by atoms with Gasteiger partial charge in [0.1, 0.15) is 0 Å². The van der Waals surface area contributed by atoms with Crippen molar-refractivity contribution in [1.82, 2.24) is 0 Å². The molecule has 0 spiro atoms. The van der Waals surface area contributed by atoms with E-state index in [0.29, 0.717) is 17.5 Å². The van der Waals surface area contributed by atoms with Crippen LogP contribution in [0.25, 0.3) is 11.0 Å². The van der Waals surface area contributed by atoms with E-state index in [2.05, 4.69) is 6.92 Å². The Morgan fingerprint density at radius 1 is 1.22 bits per heavy atom. The highest BCUT2D eigenvalue weighted by molar-refractivity contribution is 5.74. The first kappa shape index (κ1) is 11.5. The van der Waals surface area contributed by atoms with Gasteiger partial charge in [-0.25, -0.2) is 0 Å². The molecule has 1 aromatic carbocycles. The molecule has 0 radical (unpaired) electrons. The zero-order valence-corrected chi connectivity index (χ0v) is 10.6. The molecule has 18 heavy (non-hydrogen) atoms. The third-order valence-electron chi connectivity index (χ3n) is 4.03. The number of fused-ring (bicyclic) bond motifs is 1. The molecule has 1 fully saturated rings. The van der Waals surface area contributed by atoms with Crippen molar-refractivity contribution in [2.24, 2.45) is 5.92 Å². The van der Waals surface area contributed by atoms with Gasteiger partial charge in [-0.2, -0.15) is 4.79 Å². The molecule has 94 valence electrons. The standard InChI is InChI=1S/C15H18NO2/c1-11-6-2-4-8-13(11)16-10-12-7-3-5-9-14(12)18-15(16)17/h3,5,7,9-11,13H,2,4,6,8H2,1H3/q+1. The second-order valence-electron chi connectivity index (χ2n) is 5.27. The highest BCUT2D eigenvalue weighted by Crippen LogP contribution is 2.29. The van der Waals surface area contributed by atoms with E-state index in [9.17, 15) is 4.79 Å². The van der Waals surface area contributed by atoms with Crippen LogP contribution in [0.3, 0.4) is 0 Å². The molecule has 3 rings (SSSR count). The first-order chi connectivity index (χ1) is 8.75. The summed E-state index contributed by atoms with van der Waals surface area (Å²) in [7, 11) is 0. The van der Waals surface area contributed by atoms with Crippen molar-refractivity contribution >= 4 is 11.0 Å². The van der Waals surface area contributed by atoms with E-state index in [4.69, 9.17) is 4.42 Å². The number of aromatic nitrogens is 1. The van der Waals surface area contributed by atoms with Gasteiger partial charge in [0, 0.05) is 12.3 Å². The number of benzene rings is 1. The van der Waals surface area contributed by atoms with Gasteiger partial charge in [0.25, 0.3) is 0 Å². The van der Waals surface area contributed by atoms with Crippen molar-refractivity contribution in [3.8, 4) is 0 Å². The van der Waals surface area contributed by atoms with Gasteiger partial charge in [-0.3, -0.25) is 0 Å². The maximum absolute atomic E-state index is 12.1. The summed E-state index contributed by atoms with van der Waals surface area (Å²) in [5.41, 5.74) is 0.669. The van der Waals surface area contributed by atoms with Crippen LogP contribution in [0.1, 0.15) is 38.6 Å². The summed E-state index contributed by atoms with van der Waals surface area (Å²) in [6.07, 6.45) is 6.71. The fraction of sp³-hybridized carbons (Fsp3) is 0.467. The molecule has 1 aliphatic carbocycles. The molecule has 0 saturated heterocycles. The van der Waals surface area contributed by atoms with Crippen molar-refractivity contribution in [2.75, 3.05) is 0 Å². The Kier molecular flexibility index (Phi) is 2.90. The second kappa shape index (κ2) is 4.56. The molecule has 1 saturated carbocycles. The molecule has 1 aromatic heterocycles. The van der Waals surface area contributed by atoms with Crippen LogP contribution in [0.2, 0.25) is 0 Å². The van der Waals surface area contributed by atoms with Crippen LogP contribution in [-0.2, 0) is 0 Å². The van der Waals surface area contributed by atoms with Crippen LogP contribution in [0.5, 0.6) is 0 Å². The van der Waals surface area contributed by atoms with Gasteiger partial charge in [0.05, 0.1) is 5.39 Å². The van der Waals surface area contributed by atoms with Crippen LogP contribution in [0.4, 0.5) is 0 Å². The van der Waals surface area contributed by atoms with Crippen molar-refractivity contribution in [3.63, 3.8) is 0 Å². The van der Waals surface area contributed by atoms with Gasteiger partial charge >= 0.3 is 5.76 Å². The van der Waals surface area contributed by atoms with Crippen LogP contribution < -0.4 is 10.3 Å². The Balaban J connectivity index is 2.10. The molecule has 2 unspecified atom stereocenters. The molecule has 1 aliphatic rings. The molecule has 3 nitrogen and oxygen atoms in total. The fourth-order valence-electron chi connectivity index (χ4n) is 2.97. The van der Waals surface area contributed by atoms with E-state index < -0.39 is 0 Å². The van der Waals surface area contributed by atoms with Crippen LogP contribution in [-0.4, -0.2) is 0 Å². The molecule has 0 amide bonds. The Labute approximate surface area is 106 Å². The SMILES string of the molecule is CC1CCCCC1[n+]1cc2ccccc2oc1=O. The smallest absolute Gasteiger partial charge is 0.372 e. The Hall–Kier alpha value is -1.64. The van der Waals surface area contributed by atoms with E-state index in [1.165, 1.54) is 19.3 Å². The van der Waals surface area contributed by atoms with Gasteiger partial charge in [0.2, 0.25) is 0 Å². The predicted octanol–water partition coefficient (Wildman–Crippen LogP) is 2.83. The Bertz CT molecular complexity index is 617. The average molecular weight is 244 g/mol. The second-order valence-corrected chi connectivity index (χ2v) is 5.27. The zero-order valence-electron chi connectivity index (χ0n) is 10.6. The van der Waals surface area contributed by atoms with E-state index >= 15 is 0 Å². The lowest BCUT2D eigenvalue weighted by Crippen LogP contribution is -2.55. The van der Waals surface area contributed by atoms with Gasteiger partial charge < -0.3 is 4.42 Å². The molecule has 3 heteroatoms. The number of para-hydroxylation sites is 1. The van der Waals surface area contributed by atoms with Crippen molar-refractivity contribution in [3.05, 3.63) is 41.0 Å². The maximum Gasteiger partial charge on any atom is 0.602 e. The van der Waals surface area contributed by atoms with Gasteiger partial charge in [0.15, 0.2) is 17.8 Å². The molecule has 0 N–H and O–H groups in total. The number of rotatable bonds is 1. The number of hydrogen-bond acceptors (Lipinski definition) is 2.